The highest BCUT2D eigenvalue weighted by Gasteiger charge is 2.24. The summed E-state index contributed by atoms with van der Waals surface area (Å²) in [7, 11) is 0. The Morgan fingerprint density at radius 3 is 2.48 bits per heavy atom. The van der Waals surface area contributed by atoms with Crippen LogP contribution in [-0.2, 0) is 4.74 Å². The molecular formula is C19H20N2O4. The van der Waals surface area contributed by atoms with E-state index in [1.807, 2.05) is 30.9 Å². The standard InChI is InChI=1S/C19H20N2O4/c1-13-3-5-16(14(2)11-13)19(22)15-4-6-17(18(12-15)21(23)24)20-7-9-25-10-8-20/h3-6,11-12H,7-10H2,1-2H3. The van der Waals surface area contributed by atoms with E-state index in [-0.39, 0.29) is 11.5 Å². The summed E-state index contributed by atoms with van der Waals surface area (Å²) < 4.78 is 5.30. The van der Waals surface area contributed by atoms with Crippen molar-refractivity contribution in [1.82, 2.24) is 0 Å². The molecule has 0 amide bonds. The SMILES string of the molecule is Cc1ccc(C(=O)c2ccc(N3CCOCC3)c([N+](=O)[O-])c2)c(C)c1. The van der Waals surface area contributed by atoms with Crippen molar-refractivity contribution in [2.24, 2.45) is 0 Å². The molecule has 0 aliphatic carbocycles. The Balaban J connectivity index is 1.98. The minimum atomic E-state index is -0.427. The molecule has 1 aliphatic rings. The summed E-state index contributed by atoms with van der Waals surface area (Å²) in [5.74, 6) is -0.200. The van der Waals surface area contributed by atoms with Gasteiger partial charge in [0.2, 0.25) is 0 Å². The lowest BCUT2D eigenvalue weighted by molar-refractivity contribution is -0.384. The second kappa shape index (κ2) is 7.03. The molecule has 3 rings (SSSR count). The monoisotopic (exact) mass is 340 g/mol. The van der Waals surface area contributed by atoms with Crippen molar-refractivity contribution in [3.05, 3.63) is 68.8 Å². The Labute approximate surface area is 146 Å². The summed E-state index contributed by atoms with van der Waals surface area (Å²) in [5.41, 5.74) is 3.32. The predicted octanol–water partition coefficient (Wildman–Crippen LogP) is 3.28. The molecule has 2 aromatic carbocycles. The number of ether oxygens (including phenoxy) is 1. The first-order chi connectivity index (χ1) is 12.0. The van der Waals surface area contributed by atoms with Crippen LogP contribution in [-0.4, -0.2) is 37.0 Å². The Bertz CT molecular complexity index is 826. The van der Waals surface area contributed by atoms with Gasteiger partial charge in [0.1, 0.15) is 5.69 Å². The number of hydrogen-bond donors (Lipinski definition) is 0. The lowest BCUT2D eigenvalue weighted by Gasteiger charge is -2.28. The van der Waals surface area contributed by atoms with Crippen LogP contribution in [0.2, 0.25) is 0 Å². The van der Waals surface area contributed by atoms with Crippen molar-refractivity contribution in [1.29, 1.82) is 0 Å². The number of hydrogen-bond acceptors (Lipinski definition) is 5. The summed E-state index contributed by atoms with van der Waals surface area (Å²) in [6.07, 6.45) is 0. The fourth-order valence-corrected chi connectivity index (χ4v) is 3.11. The van der Waals surface area contributed by atoms with Crippen molar-refractivity contribution < 1.29 is 14.5 Å². The van der Waals surface area contributed by atoms with E-state index in [1.165, 1.54) is 6.07 Å². The molecule has 0 saturated carbocycles. The fourth-order valence-electron chi connectivity index (χ4n) is 3.11. The second-order valence-corrected chi connectivity index (χ2v) is 6.21. The van der Waals surface area contributed by atoms with Crippen molar-refractivity contribution in [3.8, 4) is 0 Å². The number of ketones is 1. The van der Waals surface area contributed by atoms with Crippen LogP contribution in [0.5, 0.6) is 0 Å². The molecular weight excluding hydrogens is 320 g/mol. The normalized spacial score (nSPS) is 14.4. The lowest BCUT2D eigenvalue weighted by atomic mass is 9.97. The van der Waals surface area contributed by atoms with Gasteiger partial charge >= 0.3 is 0 Å². The molecule has 0 aromatic heterocycles. The summed E-state index contributed by atoms with van der Waals surface area (Å²) in [6, 6.07) is 10.3. The van der Waals surface area contributed by atoms with Crippen LogP contribution in [0.3, 0.4) is 0 Å². The molecule has 1 fully saturated rings. The van der Waals surface area contributed by atoms with E-state index in [4.69, 9.17) is 4.74 Å². The number of morpholine rings is 1. The van der Waals surface area contributed by atoms with Gasteiger partial charge in [0.25, 0.3) is 5.69 Å². The number of nitro groups is 1. The van der Waals surface area contributed by atoms with E-state index in [2.05, 4.69) is 0 Å². The number of anilines is 1. The van der Waals surface area contributed by atoms with Crippen molar-refractivity contribution in [2.45, 2.75) is 13.8 Å². The smallest absolute Gasteiger partial charge is 0.293 e. The van der Waals surface area contributed by atoms with Crippen molar-refractivity contribution in [3.63, 3.8) is 0 Å². The molecule has 130 valence electrons. The van der Waals surface area contributed by atoms with Gasteiger partial charge in [-0.2, -0.15) is 0 Å². The van der Waals surface area contributed by atoms with Gasteiger partial charge < -0.3 is 9.64 Å². The van der Waals surface area contributed by atoms with E-state index in [1.54, 1.807) is 18.2 Å². The predicted molar refractivity (Wildman–Crippen MR) is 95.5 cm³/mol. The maximum Gasteiger partial charge on any atom is 0.293 e. The van der Waals surface area contributed by atoms with E-state index >= 15 is 0 Å². The number of carbonyl (C=O) groups is 1. The number of carbonyl (C=O) groups excluding carboxylic acids is 1. The average molecular weight is 340 g/mol. The summed E-state index contributed by atoms with van der Waals surface area (Å²) in [4.78, 5) is 25.8. The molecule has 0 unspecified atom stereocenters. The van der Waals surface area contributed by atoms with Gasteiger partial charge in [0.15, 0.2) is 5.78 Å². The molecule has 0 bridgehead atoms. The first kappa shape index (κ1) is 17.1. The largest absolute Gasteiger partial charge is 0.378 e. The van der Waals surface area contributed by atoms with Crippen LogP contribution < -0.4 is 4.90 Å². The van der Waals surface area contributed by atoms with Gasteiger partial charge in [-0.3, -0.25) is 14.9 Å². The number of benzene rings is 2. The van der Waals surface area contributed by atoms with Gasteiger partial charge in [0, 0.05) is 30.3 Å². The third kappa shape index (κ3) is 3.53. The van der Waals surface area contributed by atoms with Crippen LogP contribution in [0, 0.1) is 24.0 Å². The maximum absolute atomic E-state index is 12.8. The lowest BCUT2D eigenvalue weighted by Crippen LogP contribution is -2.36. The zero-order chi connectivity index (χ0) is 18.0. The molecule has 6 nitrogen and oxygen atoms in total. The third-order valence-electron chi connectivity index (χ3n) is 4.41. The van der Waals surface area contributed by atoms with Crippen molar-refractivity contribution >= 4 is 17.2 Å². The maximum atomic E-state index is 12.8. The molecule has 6 heteroatoms. The highest BCUT2D eigenvalue weighted by atomic mass is 16.6. The zero-order valence-corrected chi connectivity index (χ0v) is 14.3. The Hall–Kier alpha value is -2.73. The van der Waals surface area contributed by atoms with Gasteiger partial charge in [-0.05, 0) is 31.5 Å². The van der Waals surface area contributed by atoms with E-state index in [9.17, 15) is 14.9 Å². The Morgan fingerprint density at radius 2 is 1.84 bits per heavy atom. The molecule has 0 atom stereocenters. The number of nitro benzene ring substituents is 1. The second-order valence-electron chi connectivity index (χ2n) is 6.21. The molecule has 1 heterocycles. The van der Waals surface area contributed by atoms with E-state index in [0.717, 1.165) is 11.1 Å². The average Bonchev–Trinajstić information content (AvgIpc) is 2.61. The molecule has 0 spiro atoms. The Morgan fingerprint density at radius 1 is 1.12 bits per heavy atom. The molecule has 1 saturated heterocycles. The van der Waals surface area contributed by atoms with Crippen molar-refractivity contribution in [2.75, 3.05) is 31.2 Å². The number of nitrogens with zero attached hydrogens (tertiary/aromatic N) is 2. The summed E-state index contributed by atoms with van der Waals surface area (Å²) in [5, 5.41) is 11.5. The first-order valence-corrected chi connectivity index (χ1v) is 8.20. The third-order valence-corrected chi connectivity index (χ3v) is 4.41. The van der Waals surface area contributed by atoms with Gasteiger partial charge in [-0.25, -0.2) is 0 Å². The fraction of sp³-hybridized carbons (Fsp3) is 0.316. The number of aryl methyl sites for hydroxylation is 2. The van der Waals surface area contributed by atoms with Gasteiger partial charge in [-0.15, -0.1) is 0 Å². The first-order valence-electron chi connectivity index (χ1n) is 8.20. The molecule has 1 aliphatic heterocycles. The van der Waals surface area contributed by atoms with Gasteiger partial charge in [0.05, 0.1) is 18.1 Å². The van der Waals surface area contributed by atoms with Crippen LogP contribution in [0.15, 0.2) is 36.4 Å². The minimum absolute atomic E-state index is 0.0440. The Kier molecular flexibility index (Phi) is 4.81. The minimum Gasteiger partial charge on any atom is -0.378 e. The highest BCUT2D eigenvalue weighted by molar-refractivity contribution is 6.10. The van der Waals surface area contributed by atoms with Crippen LogP contribution >= 0.6 is 0 Å². The van der Waals surface area contributed by atoms with E-state index in [0.29, 0.717) is 43.1 Å². The molecule has 2 aromatic rings. The van der Waals surface area contributed by atoms with Gasteiger partial charge in [-0.1, -0.05) is 23.8 Å². The van der Waals surface area contributed by atoms with Crippen LogP contribution in [0.4, 0.5) is 11.4 Å². The quantitative estimate of drug-likeness (QED) is 0.485. The molecule has 0 N–H and O–H groups in total. The summed E-state index contributed by atoms with van der Waals surface area (Å²) in [6.45, 7) is 6.12. The summed E-state index contributed by atoms with van der Waals surface area (Å²) >= 11 is 0. The zero-order valence-electron chi connectivity index (χ0n) is 14.3. The molecule has 0 radical (unpaired) electrons. The number of rotatable bonds is 4. The highest BCUT2D eigenvalue weighted by Crippen LogP contribution is 2.31. The van der Waals surface area contributed by atoms with Crippen LogP contribution in [0.25, 0.3) is 0 Å². The topological polar surface area (TPSA) is 72.7 Å². The van der Waals surface area contributed by atoms with E-state index < -0.39 is 4.92 Å². The van der Waals surface area contributed by atoms with Crippen LogP contribution in [0.1, 0.15) is 27.0 Å². The molecule has 25 heavy (non-hydrogen) atoms.